The number of nitrogens with zero attached hydrogens (tertiary/aromatic N) is 1. The Hall–Kier alpha value is -1.21. The van der Waals surface area contributed by atoms with Gasteiger partial charge in [0.25, 0.3) is 0 Å². The lowest BCUT2D eigenvalue weighted by molar-refractivity contribution is -0.137. The molecule has 0 bridgehead atoms. The summed E-state index contributed by atoms with van der Waals surface area (Å²) in [5.74, 6) is 0.596. The van der Waals surface area contributed by atoms with E-state index in [1.54, 1.807) is 5.51 Å². The van der Waals surface area contributed by atoms with Gasteiger partial charge in [-0.05, 0) is 18.2 Å². The van der Waals surface area contributed by atoms with Gasteiger partial charge in [0, 0.05) is 21.7 Å². The minimum absolute atomic E-state index is 0.144. The lowest BCUT2D eigenvalue weighted by atomic mass is 10.2. The van der Waals surface area contributed by atoms with Crippen molar-refractivity contribution >= 4 is 28.8 Å². The highest BCUT2D eigenvalue weighted by molar-refractivity contribution is 7.98. The highest BCUT2D eigenvalue weighted by atomic mass is 32.2. The summed E-state index contributed by atoms with van der Waals surface area (Å²) in [5, 5.41) is 1.90. The van der Waals surface area contributed by atoms with Crippen LogP contribution in [0.5, 0.6) is 0 Å². The van der Waals surface area contributed by atoms with Crippen molar-refractivity contribution in [1.82, 2.24) is 4.98 Å². The molecule has 1 aromatic carbocycles. The molecule has 0 radical (unpaired) electrons. The Bertz CT molecular complexity index is 524. The molecule has 1 heterocycles. The fourth-order valence-corrected chi connectivity index (χ4v) is 2.83. The fourth-order valence-electron chi connectivity index (χ4n) is 1.32. The number of thioether (sulfide) groups is 1. The largest absolute Gasteiger partial charge is 0.416 e. The van der Waals surface area contributed by atoms with Crippen LogP contribution in [0.2, 0.25) is 0 Å². The molecule has 0 saturated heterocycles. The molecule has 0 atom stereocenters. The van der Waals surface area contributed by atoms with E-state index in [4.69, 9.17) is 5.73 Å². The third-order valence-corrected chi connectivity index (χ3v) is 3.95. The van der Waals surface area contributed by atoms with Crippen LogP contribution in [0.15, 0.2) is 34.0 Å². The second-order valence-corrected chi connectivity index (χ2v) is 5.25. The van der Waals surface area contributed by atoms with Gasteiger partial charge in [0.2, 0.25) is 0 Å². The number of alkyl halides is 3. The van der Waals surface area contributed by atoms with Crippen LogP contribution in [-0.4, -0.2) is 4.98 Å². The number of halogens is 3. The van der Waals surface area contributed by atoms with Crippen LogP contribution >= 0.6 is 23.1 Å². The van der Waals surface area contributed by atoms with Crippen molar-refractivity contribution in [2.24, 2.45) is 0 Å². The van der Waals surface area contributed by atoms with Crippen molar-refractivity contribution in [3.63, 3.8) is 0 Å². The molecule has 0 amide bonds. The van der Waals surface area contributed by atoms with E-state index in [0.717, 1.165) is 17.8 Å². The van der Waals surface area contributed by atoms with E-state index >= 15 is 0 Å². The van der Waals surface area contributed by atoms with E-state index in [9.17, 15) is 13.2 Å². The van der Waals surface area contributed by atoms with Crippen LogP contribution in [0.1, 0.15) is 11.3 Å². The number of anilines is 1. The number of nitrogen functional groups attached to an aromatic ring is 1. The van der Waals surface area contributed by atoms with Crippen LogP contribution < -0.4 is 5.73 Å². The first kappa shape index (κ1) is 13.2. The monoisotopic (exact) mass is 290 g/mol. The Labute approximate surface area is 110 Å². The van der Waals surface area contributed by atoms with Gasteiger partial charge in [0.15, 0.2) is 0 Å². The molecule has 2 aromatic rings. The van der Waals surface area contributed by atoms with Gasteiger partial charge >= 0.3 is 6.18 Å². The summed E-state index contributed by atoms with van der Waals surface area (Å²) in [6.45, 7) is 0. The summed E-state index contributed by atoms with van der Waals surface area (Å²) in [6.07, 6.45) is -4.35. The SMILES string of the molecule is Nc1cc(C(F)(F)F)ccc1SCc1cscn1. The maximum Gasteiger partial charge on any atom is 0.416 e. The molecule has 2 N–H and O–H groups in total. The molecule has 2 rings (SSSR count). The van der Waals surface area contributed by atoms with Crippen LogP contribution in [0, 0.1) is 0 Å². The maximum absolute atomic E-state index is 12.4. The third-order valence-electron chi connectivity index (χ3n) is 2.20. The van der Waals surface area contributed by atoms with Gasteiger partial charge in [-0.2, -0.15) is 13.2 Å². The predicted molar refractivity (Wildman–Crippen MR) is 67.5 cm³/mol. The first-order valence-electron chi connectivity index (χ1n) is 4.93. The van der Waals surface area contributed by atoms with Crippen LogP contribution in [0.4, 0.5) is 18.9 Å². The molecule has 0 aliphatic heterocycles. The molecule has 0 unspecified atom stereocenters. The van der Waals surface area contributed by atoms with Crippen LogP contribution in [-0.2, 0) is 11.9 Å². The first-order chi connectivity index (χ1) is 8.47. The second kappa shape index (κ2) is 5.19. The quantitative estimate of drug-likeness (QED) is 0.685. The zero-order valence-corrected chi connectivity index (χ0v) is 10.7. The Morgan fingerprint density at radius 2 is 2.11 bits per heavy atom. The molecular formula is C11H9F3N2S2. The van der Waals surface area contributed by atoms with Crippen molar-refractivity contribution < 1.29 is 13.2 Å². The lowest BCUT2D eigenvalue weighted by Gasteiger charge is -2.10. The number of thiazole rings is 1. The van der Waals surface area contributed by atoms with E-state index in [0.29, 0.717) is 10.6 Å². The number of benzene rings is 1. The number of aromatic nitrogens is 1. The second-order valence-electron chi connectivity index (χ2n) is 3.52. The Kier molecular flexibility index (Phi) is 3.82. The molecule has 0 spiro atoms. The highest BCUT2D eigenvalue weighted by Gasteiger charge is 2.30. The van der Waals surface area contributed by atoms with E-state index in [1.807, 2.05) is 5.38 Å². The number of rotatable bonds is 3. The zero-order valence-electron chi connectivity index (χ0n) is 9.07. The minimum Gasteiger partial charge on any atom is -0.398 e. The molecule has 0 aliphatic carbocycles. The first-order valence-corrected chi connectivity index (χ1v) is 6.86. The third kappa shape index (κ3) is 3.17. The number of nitrogens with two attached hydrogens (primary N) is 1. The normalized spacial score (nSPS) is 11.7. The maximum atomic E-state index is 12.4. The van der Waals surface area contributed by atoms with E-state index < -0.39 is 11.7 Å². The Balaban J connectivity index is 2.10. The van der Waals surface area contributed by atoms with Crippen molar-refractivity contribution in [2.45, 2.75) is 16.8 Å². The molecule has 7 heteroatoms. The van der Waals surface area contributed by atoms with E-state index in [2.05, 4.69) is 4.98 Å². The number of hydrogen-bond donors (Lipinski definition) is 1. The summed E-state index contributed by atoms with van der Waals surface area (Å²) in [6, 6.07) is 3.40. The lowest BCUT2D eigenvalue weighted by Crippen LogP contribution is -2.05. The van der Waals surface area contributed by atoms with Crippen molar-refractivity contribution in [1.29, 1.82) is 0 Å². The smallest absolute Gasteiger partial charge is 0.398 e. The van der Waals surface area contributed by atoms with Gasteiger partial charge in [0.05, 0.1) is 16.8 Å². The summed E-state index contributed by atoms with van der Waals surface area (Å²) in [5.41, 5.74) is 7.65. The van der Waals surface area contributed by atoms with Crippen LogP contribution in [0.25, 0.3) is 0 Å². The number of hydrogen-bond acceptors (Lipinski definition) is 4. The summed E-state index contributed by atoms with van der Waals surface area (Å²) >= 11 is 2.86. The predicted octanol–water partition coefficient (Wildman–Crippen LogP) is 4.04. The van der Waals surface area contributed by atoms with E-state index in [-0.39, 0.29) is 5.69 Å². The average Bonchev–Trinajstić information content (AvgIpc) is 2.79. The van der Waals surface area contributed by atoms with Gasteiger partial charge in [-0.25, -0.2) is 4.98 Å². The molecule has 0 fully saturated rings. The summed E-state index contributed by atoms with van der Waals surface area (Å²) in [7, 11) is 0. The standard InChI is InChI=1S/C11H9F3N2S2/c12-11(13,14)7-1-2-10(9(15)3-7)18-5-8-4-17-6-16-8/h1-4,6H,5,15H2. The molecule has 0 aliphatic rings. The highest BCUT2D eigenvalue weighted by Crippen LogP contribution is 2.35. The topological polar surface area (TPSA) is 38.9 Å². The Morgan fingerprint density at radius 1 is 1.33 bits per heavy atom. The summed E-state index contributed by atoms with van der Waals surface area (Å²) < 4.78 is 37.3. The van der Waals surface area contributed by atoms with Gasteiger partial charge in [-0.15, -0.1) is 23.1 Å². The van der Waals surface area contributed by atoms with Gasteiger partial charge in [-0.3, -0.25) is 0 Å². The zero-order chi connectivity index (χ0) is 13.2. The Morgan fingerprint density at radius 3 is 2.67 bits per heavy atom. The van der Waals surface area contributed by atoms with Gasteiger partial charge < -0.3 is 5.73 Å². The van der Waals surface area contributed by atoms with E-state index in [1.165, 1.54) is 29.2 Å². The minimum atomic E-state index is -4.35. The molecule has 1 aromatic heterocycles. The fraction of sp³-hybridized carbons (Fsp3) is 0.182. The van der Waals surface area contributed by atoms with Crippen molar-refractivity contribution in [3.8, 4) is 0 Å². The summed E-state index contributed by atoms with van der Waals surface area (Å²) in [4.78, 5) is 4.73. The molecule has 2 nitrogen and oxygen atoms in total. The van der Waals surface area contributed by atoms with Gasteiger partial charge in [0.1, 0.15) is 0 Å². The molecular weight excluding hydrogens is 281 g/mol. The van der Waals surface area contributed by atoms with Gasteiger partial charge in [-0.1, -0.05) is 0 Å². The van der Waals surface area contributed by atoms with Crippen molar-refractivity contribution in [2.75, 3.05) is 5.73 Å². The van der Waals surface area contributed by atoms with Crippen LogP contribution in [0.3, 0.4) is 0 Å². The van der Waals surface area contributed by atoms with Crippen molar-refractivity contribution in [3.05, 3.63) is 40.3 Å². The molecule has 0 saturated carbocycles. The molecule has 96 valence electrons. The molecule has 18 heavy (non-hydrogen) atoms. The average molecular weight is 290 g/mol.